The Hall–Kier alpha value is -6.54. The molecular formula is C45H36N8. The summed E-state index contributed by atoms with van der Waals surface area (Å²) in [6.07, 6.45) is 10.8. The summed E-state index contributed by atoms with van der Waals surface area (Å²) in [6.45, 7) is 4.61. The number of hydrogen-bond acceptors (Lipinski definition) is 8. The fourth-order valence-electron chi connectivity index (χ4n) is 7.73. The van der Waals surface area contributed by atoms with Crippen molar-refractivity contribution in [1.29, 1.82) is 0 Å². The predicted molar refractivity (Wildman–Crippen MR) is 211 cm³/mol. The average Bonchev–Trinajstić information content (AvgIpc) is 3.50. The van der Waals surface area contributed by atoms with Gasteiger partial charge in [0.05, 0.1) is 11.0 Å². The molecular weight excluding hydrogens is 653 g/mol. The van der Waals surface area contributed by atoms with Gasteiger partial charge in [0.25, 0.3) is 0 Å². The van der Waals surface area contributed by atoms with E-state index >= 15 is 0 Å². The minimum Gasteiger partial charge on any atom is -0.244 e. The van der Waals surface area contributed by atoms with Gasteiger partial charge in [-0.1, -0.05) is 105 Å². The fourth-order valence-corrected chi connectivity index (χ4v) is 7.73. The molecule has 4 aromatic carbocycles. The first kappa shape index (κ1) is 32.4. The summed E-state index contributed by atoms with van der Waals surface area (Å²) in [7, 11) is 0. The van der Waals surface area contributed by atoms with Crippen LogP contribution in [0.3, 0.4) is 0 Å². The van der Waals surface area contributed by atoms with Gasteiger partial charge in [-0.25, -0.2) is 39.9 Å². The number of rotatable bonds is 9. The average molecular weight is 689 g/mol. The molecule has 9 rings (SSSR count). The normalized spacial score (nSPS) is 13.1. The van der Waals surface area contributed by atoms with Gasteiger partial charge < -0.3 is 0 Å². The van der Waals surface area contributed by atoms with Crippen molar-refractivity contribution in [2.24, 2.45) is 0 Å². The molecule has 0 saturated heterocycles. The van der Waals surface area contributed by atoms with E-state index in [0.29, 0.717) is 23.9 Å². The summed E-state index contributed by atoms with van der Waals surface area (Å²) in [5.41, 5.74) is 11.0. The molecule has 4 aromatic heterocycles. The molecule has 0 N–H and O–H groups in total. The zero-order valence-corrected chi connectivity index (χ0v) is 29.6. The van der Waals surface area contributed by atoms with Crippen LogP contribution in [-0.4, -0.2) is 39.9 Å². The van der Waals surface area contributed by atoms with Gasteiger partial charge in [0.2, 0.25) is 0 Å². The molecule has 8 aromatic rings. The van der Waals surface area contributed by atoms with Crippen molar-refractivity contribution in [2.45, 2.75) is 44.9 Å². The Bertz CT molecular complexity index is 2680. The highest BCUT2D eigenvalue weighted by Crippen LogP contribution is 2.53. The van der Waals surface area contributed by atoms with E-state index in [2.05, 4.69) is 88.4 Å². The number of nitrogens with zero attached hydrogens (tertiary/aromatic N) is 8. The molecule has 0 amide bonds. The topological polar surface area (TPSA) is 103 Å². The second-order valence-corrected chi connectivity index (χ2v) is 13.5. The molecule has 0 bridgehead atoms. The summed E-state index contributed by atoms with van der Waals surface area (Å²) < 4.78 is 0. The molecule has 1 aliphatic rings. The Kier molecular flexibility index (Phi) is 8.27. The summed E-state index contributed by atoms with van der Waals surface area (Å²) >= 11 is 0. The second-order valence-electron chi connectivity index (χ2n) is 13.5. The van der Waals surface area contributed by atoms with E-state index in [4.69, 9.17) is 19.9 Å². The van der Waals surface area contributed by atoms with E-state index in [0.717, 1.165) is 63.8 Å². The monoisotopic (exact) mass is 688 g/mol. The SMILES string of the molecule is CCC1(CC)c2cc(/C=C/c3ncnc(-c4ccc5ccccc5n4)n3)ccc2-c2ccc(CCc3ncnc(-c4ccc5ccccc5n4)n3)cc21. The maximum absolute atomic E-state index is 4.80. The zero-order chi connectivity index (χ0) is 35.8. The van der Waals surface area contributed by atoms with Crippen LogP contribution in [0.1, 0.15) is 60.6 Å². The maximum Gasteiger partial charge on any atom is 0.181 e. The lowest BCUT2D eigenvalue weighted by atomic mass is 9.73. The first-order chi connectivity index (χ1) is 26.1. The second kappa shape index (κ2) is 13.5. The van der Waals surface area contributed by atoms with Gasteiger partial charge >= 0.3 is 0 Å². The summed E-state index contributed by atoms with van der Waals surface area (Å²) in [5, 5.41) is 2.18. The first-order valence-electron chi connectivity index (χ1n) is 18.2. The lowest BCUT2D eigenvalue weighted by Gasteiger charge is -2.30. The number of pyridine rings is 2. The number of aryl methyl sites for hydroxylation is 2. The van der Waals surface area contributed by atoms with E-state index < -0.39 is 0 Å². The van der Waals surface area contributed by atoms with Crippen LogP contribution in [-0.2, 0) is 18.3 Å². The Balaban J connectivity index is 0.951. The number of hydrogen-bond donors (Lipinski definition) is 0. The van der Waals surface area contributed by atoms with Crippen molar-refractivity contribution in [3.8, 4) is 34.2 Å². The number of para-hydroxylation sites is 2. The maximum atomic E-state index is 4.80. The number of benzene rings is 4. The van der Waals surface area contributed by atoms with Gasteiger partial charge in [0.15, 0.2) is 17.5 Å². The molecule has 0 atom stereocenters. The van der Waals surface area contributed by atoms with Crippen LogP contribution in [0.5, 0.6) is 0 Å². The lowest BCUT2D eigenvalue weighted by Crippen LogP contribution is -2.23. The highest BCUT2D eigenvalue weighted by molar-refractivity contribution is 5.84. The Labute approximate surface area is 307 Å². The van der Waals surface area contributed by atoms with Crippen LogP contribution < -0.4 is 0 Å². The Morgan fingerprint density at radius 1 is 0.528 bits per heavy atom. The minimum absolute atomic E-state index is 0.0747. The highest BCUT2D eigenvalue weighted by atomic mass is 15.0. The molecule has 0 fully saturated rings. The third kappa shape index (κ3) is 6.02. The molecule has 0 radical (unpaired) electrons. The minimum atomic E-state index is -0.0747. The molecule has 0 aliphatic heterocycles. The van der Waals surface area contributed by atoms with Gasteiger partial charge in [0, 0.05) is 22.6 Å². The highest BCUT2D eigenvalue weighted by Gasteiger charge is 2.40. The number of aromatic nitrogens is 8. The third-order valence-corrected chi connectivity index (χ3v) is 10.6. The van der Waals surface area contributed by atoms with Gasteiger partial charge in [-0.15, -0.1) is 0 Å². The number of fused-ring (bicyclic) bond motifs is 5. The van der Waals surface area contributed by atoms with Gasteiger partial charge in [-0.2, -0.15) is 0 Å². The molecule has 8 nitrogen and oxygen atoms in total. The summed E-state index contributed by atoms with van der Waals surface area (Å²) in [4.78, 5) is 36.9. The molecule has 1 aliphatic carbocycles. The molecule has 0 saturated carbocycles. The smallest absolute Gasteiger partial charge is 0.181 e. The largest absolute Gasteiger partial charge is 0.244 e. The van der Waals surface area contributed by atoms with Crippen LogP contribution in [0.2, 0.25) is 0 Å². The molecule has 8 heteroatoms. The van der Waals surface area contributed by atoms with Gasteiger partial charge in [-0.3, -0.25) is 0 Å². The van der Waals surface area contributed by atoms with E-state index in [1.807, 2.05) is 66.7 Å². The van der Waals surface area contributed by atoms with Crippen LogP contribution in [0, 0.1) is 0 Å². The van der Waals surface area contributed by atoms with Crippen LogP contribution in [0.25, 0.3) is 68.1 Å². The van der Waals surface area contributed by atoms with E-state index in [1.165, 1.54) is 27.8 Å². The first-order valence-corrected chi connectivity index (χ1v) is 18.2. The Morgan fingerprint density at radius 2 is 1.15 bits per heavy atom. The van der Waals surface area contributed by atoms with Crippen molar-refractivity contribution in [3.05, 3.63) is 156 Å². The van der Waals surface area contributed by atoms with E-state index in [1.54, 1.807) is 12.7 Å². The molecule has 256 valence electrons. The quantitative estimate of drug-likeness (QED) is 0.148. The van der Waals surface area contributed by atoms with E-state index in [9.17, 15) is 0 Å². The van der Waals surface area contributed by atoms with Crippen LogP contribution >= 0.6 is 0 Å². The summed E-state index contributed by atoms with van der Waals surface area (Å²) in [6, 6.07) is 37.9. The van der Waals surface area contributed by atoms with Crippen LogP contribution in [0.4, 0.5) is 0 Å². The lowest BCUT2D eigenvalue weighted by molar-refractivity contribution is 0.490. The van der Waals surface area contributed by atoms with Gasteiger partial charge in [-0.05, 0) is 83.0 Å². The third-order valence-electron chi connectivity index (χ3n) is 10.6. The van der Waals surface area contributed by atoms with Gasteiger partial charge in [0.1, 0.15) is 29.9 Å². The molecule has 53 heavy (non-hydrogen) atoms. The summed E-state index contributed by atoms with van der Waals surface area (Å²) in [5.74, 6) is 2.51. The molecule has 0 unspecified atom stereocenters. The fraction of sp³-hybridized carbons (Fsp3) is 0.156. The Morgan fingerprint density at radius 3 is 1.85 bits per heavy atom. The predicted octanol–water partition coefficient (Wildman–Crippen LogP) is 9.53. The van der Waals surface area contributed by atoms with Crippen molar-refractivity contribution in [2.75, 3.05) is 0 Å². The van der Waals surface area contributed by atoms with Crippen molar-refractivity contribution in [1.82, 2.24) is 39.9 Å². The standard InChI is InChI=1S/C45H36N8/c1-3-45(4-2)35-25-29(15-23-41-46-27-48-43(52-41)39-21-17-31-9-5-7-11-37(31)50-39)13-19-33(35)34-20-14-30(26-36(34)45)16-24-42-47-28-49-44(53-42)40-22-18-32-10-6-8-12-38(32)51-40/h5-15,17-23,25-28H,3-4,16,24H2,1-2H3/b23-15+. The molecule has 0 spiro atoms. The van der Waals surface area contributed by atoms with Crippen molar-refractivity contribution in [3.63, 3.8) is 0 Å². The van der Waals surface area contributed by atoms with Crippen molar-refractivity contribution >= 4 is 34.0 Å². The van der Waals surface area contributed by atoms with Crippen molar-refractivity contribution < 1.29 is 0 Å². The molecule has 4 heterocycles. The van der Waals surface area contributed by atoms with Crippen LogP contribution in [0.15, 0.2) is 122 Å². The van der Waals surface area contributed by atoms with E-state index in [-0.39, 0.29) is 5.41 Å². The zero-order valence-electron chi connectivity index (χ0n) is 29.6.